The van der Waals surface area contributed by atoms with Crippen LogP contribution in [0.2, 0.25) is 10.0 Å². The maximum atomic E-state index is 12.3. The second-order valence-corrected chi connectivity index (χ2v) is 6.57. The van der Waals surface area contributed by atoms with Crippen molar-refractivity contribution in [2.24, 2.45) is 0 Å². The van der Waals surface area contributed by atoms with Crippen molar-refractivity contribution < 1.29 is 14.3 Å². The Morgan fingerprint density at radius 2 is 2.19 bits per heavy atom. The van der Waals surface area contributed by atoms with Gasteiger partial charge in [0.15, 0.2) is 6.61 Å². The number of carbonyl (C=O) groups is 1. The molecule has 134 valence electrons. The highest BCUT2D eigenvalue weighted by Crippen LogP contribution is 2.27. The Bertz CT molecular complexity index is 854. The van der Waals surface area contributed by atoms with Crippen LogP contribution in [0.15, 0.2) is 36.5 Å². The summed E-state index contributed by atoms with van der Waals surface area (Å²) in [7, 11) is 0. The summed E-state index contributed by atoms with van der Waals surface area (Å²) in [5.74, 6) is 0.641. The van der Waals surface area contributed by atoms with E-state index in [1.165, 1.54) is 6.20 Å². The molecule has 1 amide bonds. The van der Waals surface area contributed by atoms with E-state index in [2.05, 4.69) is 4.98 Å². The monoisotopic (exact) mass is 391 g/mol. The van der Waals surface area contributed by atoms with Gasteiger partial charge in [0.1, 0.15) is 11.9 Å². The van der Waals surface area contributed by atoms with Crippen LogP contribution in [0.3, 0.4) is 0 Å². The molecule has 0 N–H and O–H groups in total. The zero-order valence-corrected chi connectivity index (χ0v) is 15.2. The zero-order valence-electron chi connectivity index (χ0n) is 13.7. The summed E-state index contributed by atoms with van der Waals surface area (Å²) < 4.78 is 11.2. The number of rotatable bonds is 5. The van der Waals surface area contributed by atoms with E-state index in [9.17, 15) is 4.79 Å². The van der Waals surface area contributed by atoms with Gasteiger partial charge in [-0.05, 0) is 24.3 Å². The molecule has 1 aromatic heterocycles. The predicted octanol–water partition coefficient (Wildman–Crippen LogP) is 3.32. The fourth-order valence-corrected chi connectivity index (χ4v) is 3.05. The van der Waals surface area contributed by atoms with Crippen LogP contribution >= 0.6 is 23.2 Å². The number of aromatic nitrogens is 1. The SMILES string of the molecule is N#Cc1ccnc(OC2CCN(C(=O)COc3ccc(Cl)cc3Cl)C2)c1. The minimum Gasteiger partial charge on any atom is -0.482 e. The van der Waals surface area contributed by atoms with Gasteiger partial charge in [0.25, 0.3) is 5.91 Å². The Balaban J connectivity index is 1.51. The minimum atomic E-state index is -0.167. The van der Waals surface area contributed by atoms with Crippen molar-refractivity contribution in [3.63, 3.8) is 0 Å². The van der Waals surface area contributed by atoms with Gasteiger partial charge in [-0.15, -0.1) is 0 Å². The third-order valence-electron chi connectivity index (χ3n) is 3.89. The molecule has 3 rings (SSSR count). The first kappa shape index (κ1) is 18.3. The van der Waals surface area contributed by atoms with Crippen molar-refractivity contribution in [3.05, 3.63) is 52.1 Å². The van der Waals surface area contributed by atoms with E-state index in [-0.39, 0.29) is 18.6 Å². The molecular weight excluding hydrogens is 377 g/mol. The summed E-state index contributed by atoms with van der Waals surface area (Å²) in [5.41, 5.74) is 0.481. The highest BCUT2D eigenvalue weighted by Gasteiger charge is 2.28. The van der Waals surface area contributed by atoms with E-state index in [1.807, 2.05) is 6.07 Å². The van der Waals surface area contributed by atoms with E-state index >= 15 is 0 Å². The normalized spacial score (nSPS) is 16.2. The summed E-state index contributed by atoms with van der Waals surface area (Å²) in [6.07, 6.45) is 2.04. The van der Waals surface area contributed by atoms with Crippen molar-refractivity contribution in [1.29, 1.82) is 5.26 Å². The highest BCUT2D eigenvalue weighted by molar-refractivity contribution is 6.35. The largest absolute Gasteiger partial charge is 0.482 e. The molecule has 26 heavy (non-hydrogen) atoms. The van der Waals surface area contributed by atoms with Gasteiger partial charge in [0, 0.05) is 30.3 Å². The number of amides is 1. The molecule has 0 aliphatic carbocycles. The molecule has 1 aliphatic rings. The Hall–Kier alpha value is -2.49. The standard InChI is InChI=1S/C18H15Cl2N3O3/c19-13-1-2-16(15(20)8-13)25-11-18(24)23-6-4-14(10-23)26-17-7-12(9-21)3-5-22-17/h1-3,5,7-8,14H,4,6,10-11H2. The van der Waals surface area contributed by atoms with Gasteiger partial charge in [-0.25, -0.2) is 4.98 Å². The van der Waals surface area contributed by atoms with Crippen LogP contribution in [0, 0.1) is 11.3 Å². The topological polar surface area (TPSA) is 75.5 Å². The molecule has 2 heterocycles. The summed E-state index contributed by atoms with van der Waals surface area (Å²) in [5, 5.41) is 9.77. The Kier molecular flexibility index (Phi) is 5.82. The molecule has 1 aliphatic heterocycles. The quantitative estimate of drug-likeness (QED) is 0.781. The molecular formula is C18H15Cl2N3O3. The van der Waals surface area contributed by atoms with Crippen LogP contribution in [0.25, 0.3) is 0 Å². The average Bonchev–Trinajstić information content (AvgIpc) is 3.09. The number of ether oxygens (including phenoxy) is 2. The second kappa shape index (κ2) is 8.26. The van der Waals surface area contributed by atoms with Crippen LogP contribution < -0.4 is 9.47 Å². The van der Waals surface area contributed by atoms with Gasteiger partial charge >= 0.3 is 0 Å². The zero-order chi connectivity index (χ0) is 18.5. The number of hydrogen-bond donors (Lipinski definition) is 0. The first-order chi connectivity index (χ1) is 12.5. The number of nitrogens with zero attached hydrogens (tertiary/aromatic N) is 3. The fraction of sp³-hybridized carbons (Fsp3) is 0.278. The molecule has 1 aromatic carbocycles. The van der Waals surface area contributed by atoms with Crippen molar-refractivity contribution in [1.82, 2.24) is 9.88 Å². The lowest BCUT2D eigenvalue weighted by Crippen LogP contribution is -2.34. The minimum absolute atomic E-state index is 0.115. The Morgan fingerprint density at radius 3 is 2.96 bits per heavy atom. The fourth-order valence-electron chi connectivity index (χ4n) is 2.59. The molecule has 2 aromatic rings. The smallest absolute Gasteiger partial charge is 0.260 e. The van der Waals surface area contributed by atoms with Gasteiger partial charge in [-0.3, -0.25) is 4.79 Å². The highest BCUT2D eigenvalue weighted by atomic mass is 35.5. The molecule has 0 radical (unpaired) electrons. The number of nitriles is 1. The molecule has 0 spiro atoms. The van der Waals surface area contributed by atoms with Gasteiger partial charge < -0.3 is 14.4 Å². The molecule has 8 heteroatoms. The van der Waals surface area contributed by atoms with Gasteiger partial charge in [0.2, 0.25) is 5.88 Å². The van der Waals surface area contributed by atoms with E-state index in [0.29, 0.717) is 46.7 Å². The van der Waals surface area contributed by atoms with Crippen LogP contribution in [0.4, 0.5) is 0 Å². The molecule has 0 saturated carbocycles. The third-order valence-corrected chi connectivity index (χ3v) is 4.42. The second-order valence-electron chi connectivity index (χ2n) is 5.73. The number of carbonyl (C=O) groups excluding carboxylic acids is 1. The average molecular weight is 392 g/mol. The Labute approximate surface area is 160 Å². The number of likely N-dealkylation sites (tertiary alicyclic amines) is 1. The molecule has 6 nitrogen and oxygen atoms in total. The van der Waals surface area contributed by atoms with Crippen molar-refractivity contribution >= 4 is 29.1 Å². The number of pyridine rings is 1. The van der Waals surface area contributed by atoms with Crippen LogP contribution in [-0.2, 0) is 4.79 Å². The van der Waals surface area contributed by atoms with E-state index in [1.54, 1.807) is 35.2 Å². The number of benzene rings is 1. The van der Waals surface area contributed by atoms with E-state index < -0.39 is 0 Å². The maximum absolute atomic E-state index is 12.3. The molecule has 1 saturated heterocycles. The number of hydrogen-bond acceptors (Lipinski definition) is 5. The van der Waals surface area contributed by atoms with Crippen molar-refractivity contribution in [3.8, 4) is 17.7 Å². The van der Waals surface area contributed by atoms with Crippen LogP contribution in [0.1, 0.15) is 12.0 Å². The maximum Gasteiger partial charge on any atom is 0.260 e. The van der Waals surface area contributed by atoms with Crippen LogP contribution in [0.5, 0.6) is 11.6 Å². The number of halogens is 2. The lowest BCUT2D eigenvalue weighted by Gasteiger charge is -2.17. The third kappa shape index (κ3) is 4.57. The summed E-state index contributed by atoms with van der Waals surface area (Å²) in [6, 6.07) is 10.1. The van der Waals surface area contributed by atoms with Gasteiger partial charge in [0.05, 0.1) is 23.2 Å². The molecule has 1 atom stereocenters. The Morgan fingerprint density at radius 1 is 1.35 bits per heavy atom. The summed E-state index contributed by atoms with van der Waals surface area (Å²) in [4.78, 5) is 18.1. The molecule has 1 fully saturated rings. The first-order valence-electron chi connectivity index (χ1n) is 7.93. The molecule has 0 bridgehead atoms. The van der Waals surface area contributed by atoms with Crippen molar-refractivity contribution in [2.45, 2.75) is 12.5 Å². The van der Waals surface area contributed by atoms with Gasteiger partial charge in [-0.1, -0.05) is 23.2 Å². The first-order valence-corrected chi connectivity index (χ1v) is 8.69. The van der Waals surface area contributed by atoms with Gasteiger partial charge in [-0.2, -0.15) is 5.26 Å². The van der Waals surface area contributed by atoms with E-state index in [0.717, 1.165) is 0 Å². The van der Waals surface area contributed by atoms with Crippen molar-refractivity contribution in [2.75, 3.05) is 19.7 Å². The predicted molar refractivity (Wildman–Crippen MR) is 96.5 cm³/mol. The lowest BCUT2D eigenvalue weighted by atomic mass is 10.3. The van der Waals surface area contributed by atoms with E-state index in [4.69, 9.17) is 37.9 Å². The summed E-state index contributed by atoms with van der Waals surface area (Å²) >= 11 is 11.9. The van der Waals surface area contributed by atoms with Crippen LogP contribution in [-0.4, -0.2) is 41.6 Å². The lowest BCUT2D eigenvalue weighted by molar-refractivity contribution is -0.132. The summed E-state index contributed by atoms with van der Waals surface area (Å²) in [6.45, 7) is 0.893. The molecule has 1 unspecified atom stereocenters.